The van der Waals surface area contributed by atoms with Gasteiger partial charge >= 0.3 is 0 Å². The van der Waals surface area contributed by atoms with Crippen molar-refractivity contribution < 1.29 is 18.1 Å². The van der Waals surface area contributed by atoms with Gasteiger partial charge in [-0.3, -0.25) is 14.9 Å². The molecule has 0 bridgehead atoms. The van der Waals surface area contributed by atoms with Gasteiger partial charge in [0.1, 0.15) is 0 Å². The molecule has 2 aliphatic rings. The van der Waals surface area contributed by atoms with Crippen molar-refractivity contribution in [1.29, 1.82) is 0 Å². The second kappa shape index (κ2) is 7.53. The highest BCUT2D eigenvalue weighted by Gasteiger charge is 2.35. The molecule has 1 aromatic rings. The van der Waals surface area contributed by atoms with Crippen LogP contribution in [0.1, 0.15) is 24.8 Å². The lowest BCUT2D eigenvalue weighted by molar-refractivity contribution is -0.385. The van der Waals surface area contributed by atoms with Gasteiger partial charge in [0.2, 0.25) is 15.9 Å². The quantitative estimate of drug-likeness (QED) is 0.594. The summed E-state index contributed by atoms with van der Waals surface area (Å²) in [6.45, 7) is 2.60. The number of nitro benzene ring substituents is 1. The number of hydrogen-bond donors (Lipinski definition) is 1. The number of carbonyl (C=O) groups is 1. The van der Waals surface area contributed by atoms with Gasteiger partial charge in [-0.15, -0.1) is 0 Å². The number of benzene rings is 1. The van der Waals surface area contributed by atoms with Gasteiger partial charge in [-0.2, -0.15) is 4.31 Å². The Kier molecular flexibility index (Phi) is 5.50. The summed E-state index contributed by atoms with van der Waals surface area (Å²) >= 11 is 0. The lowest BCUT2D eigenvalue weighted by atomic mass is 10.1. The first-order valence-corrected chi connectivity index (χ1v) is 10.4. The molecule has 1 saturated carbocycles. The molecule has 1 aliphatic carbocycles. The lowest BCUT2D eigenvalue weighted by Crippen LogP contribution is -2.51. The number of piperazine rings is 1. The van der Waals surface area contributed by atoms with E-state index in [-0.39, 0.29) is 41.5 Å². The Balaban J connectivity index is 1.71. The fourth-order valence-corrected chi connectivity index (χ4v) is 5.43. The number of aryl methyl sites for hydroxylation is 1. The largest absolute Gasteiger partial charge is 0.340 e. The number of amides is 1. The molecule has 0 aromatic heterocycles. The fraction of sp³-hybridized carbons (Fsp3) is 0.588. The van der Waals surface area contributed by atoms with Crippen LogP contribution in [0.5, 0.6) is 0 Å². The first-order chi connectivity index (χ1) is 12.7. The van der Waals surface area contributed by atoms with Gasteiger partial charge in [0, 0.05) is 50.3 Å². The molecule has 1 amide bonds. The SMILES string of the molecule is Cc1ccc([N+](=O)[O-])cc1S(=O)(=O)N1CCN(C(=O)C2CCC(N)C2)CC1. The number of nitrogens with two attached hydrogens (primary N) is 1. The maximum absolute atomic E-state index is 12.9. The Bertz CT molecular complexity index is 849. The van der Waals surface area contributed by atoms with Crippen molar-refractivity contribution in [1.82, 2.24) is 9.21 Å². The zero-order valence-corrected chi connectivity index (χ0v) is 16.0. The molecular formula is C17H24N4O5S. The van der Waals surface area contributed by atoms with E-state index in [1.165, 1.54) is 16.4 Å². The van der Waals surface area contributed by atoms with Gasteiger partial charge < -0.3 is 10.6 Å². The predicted molar refractivity (Wildman–Crippen MR) is 98.5 cm³/mol. The highest BCUT2D eigenvalue weighted by atomic mass is 32.2. The molecule has 1 saturated heterocycles. The lowest BCUT2D eigenvalue weighted by Gasteiger charge is -2.35. The van der Waals surface area contributed by atoms with Crippen LogP contribution in [-0.2, 0) is 14.8 Å². The molecule has 1 heterocycles. The number of carbonyl (C=O) groups excluding carboxylic acids is 1. The van der Waals surface area contributed by atoms with Gasteiger partial charge in [0.15, 0.2) is 0 Å². The summed E-state index contributed by atoms with van der Waals surface area (Å²) in [5.74, 6) is -0.0197. The third kappa shape index (κ3) is 3.97. The summed E-state index contributed by atoms with van der Waals surface area (Å²) in [7, 11) is -3.85. The Morgan fingerprint density at radius 2 is 1.89 bits per heavy atom. The standard InChI is InChI=1S/C17H24N4O5S/c1-12-2-5-15(21(23)24)11-16(12)27(25,26)20-8-6-19(7-9-20)17(22)13-3-4-14(18)10-13/h2,5,11,13-14H,3-4,6-10,18H2,1H3. The van der Waals surface area contributed by atoms with E-state index >= 15 is 0 Å². The van der Waals surface area contributed by atoms with Crippen LogP contribution in [0.4, 0.5) is 5.69 Å². The number of non-ortho nitro benzene ring substituents is 1. The minimum absolute atomic E-state index is 0.0477. The van der Waals surface area contributed by atoms with Gasteiger partial charge in [0.25, 0.3) is 5.69 Å². The van der Waals surface area contributed by atoms with Crippen LogP contribution in [0.15, 0.2) is 23.1 Å². The van der Waals surface area contributed by atoms with E-state index in [0.29, 0.717) is 25.1 Å². The van der Waals surface area contributed by atoms with Crippen LogP contribution < -0.4 is 5.73 Å². The van der Waals surface area contributed by atoms with Crippen LogP contribution in [0, 0.1) is 23.0 Å². The minimum Gasteiger partial charge on any atom is -0.340 e. The molecule has 1 aromatic carbocycles. The predicted octanol–water partition coefficient (Wildman–Crippen LogP) is 0.864. The zero-order chi connectivity index (χ0) is 19.8. The van der Waals surface area contributed by atoms with Gasteiger partial charge in [0.05, 0.1) is 9.82 Å². The second-order valence-electron chi connectivity index (χ2n) is 7.21. The summed E-state index contributed by atoms with van der Waals surface area (Å²) in [4.78, 5) is 24.6. The number of hydrogen-bond acceptors (Lipinski definition) is 6. The molecule has 2 fully saturated rings. The van der Waals surface area contributed by atoms with Crippen LogP contribution in [-0.4, -0.2) is 60.7 Å². The van der Waals surface area contributed by atoms with Crippen molar-refractivity contribution >= 4 is 21.6 Å². The Morgan fingerprint density at radius 1 is 1.22 bits per heavy atom. The topological polar surface area (TPSA) is 127 Å². The van der Waals surface area contributed by atoms with Crippen LogP contribution in [0.25, 0.3) is 0 Å². The average Bonchev–Trinajstić information content (AvgIpc) is 3.07. The maximum Gasteiger partial charge on any atom is 0.270 e. The van der Waals surface area contributed by atoms with E-state index in [1.807, 2.05) is 0 Å². The molecule has 27 heavy (non-hydrogen) atoms. The van der Waals surface area contributed by atoms with Crippen molar-refractivity contribution in [2.45, 2.75) is 37.1 Å². The van der Waals surface area contributed by atoms with Crippen molar-refractivity contribution in [3.05, 3.63) is 33.9 Å². The molecule has 1 aliphatic heterocycles. The van der Waals surface area contributed by atoms with E-state index < -0.39 is 14.9 Å². The minimum atomic E-state index is -3.85. The second-order valence-corrected chi connectivity index (χ2v) is 9.11. The van der Waals surface area contributed by atoms with Crippen LogP contribution in [0.2, 0.25) is 0 Å². The summed E-state index contributed by atoms with van der Waals surface area (Å²) in [5.41, 5.74) is 6.08. The molecule has 2 atom stereocenters. The Labute approximate surface area is 158 Å². The molecule has 3 rings (SSSR count). The molecule has 2 unspecified atom stereocenters. The molecule has 0 spiro atoms. The maximum atomic E-state index is 12.9. The number of sulfonamides is 1. The Morgan fingerprint density at radius 3 is 2.44 bits per heavy atom. The number of nitrogens with zero attached hydrogens (tertiary/aromatic N) is 3. The monoisotopic (exact) mass is 396 g/mol. The van der Waals surface area contributed by atoms with Crippen molar-refractivity contribution in [3.8, 4) is 0 Å². The number of rotatable bonds is 4. The van der Waals surface area contributed by atoms with E-state index in [4.69, 9.17) is 5.73 Å². The van der Waals surface area contributed by atoms with Crippen molar-refractivity contribution in [2.24, 2.45) is 11.7 Å². The highest BCUT2D eigenvalue weighted by molar-refractivity contribution is 7.89. The van der Waals surface area contributed by atoms with E-state index in [9.17, 15) is 23.3 Å². The highest BCUT2D eigenvalue weighted by Crippen LogP contribution is 2.28. The molecule has 2 N–H and O–H groups in total. The molecule has 9 nitrogen and oxygen atoms in total. The number of nitro groups is 1. The molecular weight excluding hydrogens is 372 g/mol. The van der Waals surface area contributed by atoms with Gasteiger partial charge in [-0.25, -0.2) is 8.42 Å². The third-order valence-corrected chi connectivity index (χ3v) is 7.41. The molecule has 0 radical (unpaired) electrons. The summed E-state index contributed by atoms with van der Waals surface area (Å²) in [6.07, 6.45) is 2.31. The third-order valence-electron chi connectivity index (χ3n) is 5.37. The van der Waals surface area contributed by atoms with Crippen LogP contribution >= 0.6 is 0 Å². The van der Waals surface area contributed by atoms with Gasteiger partial charge in [-0.05, 0) is 31.7 Å². The smallest absolute Gasteiger partial charge is 0.270 e. The van der Waals surface area contributed by atoms with E-state index in [0.717, 1.165) is 18.9 Å². The van der Waals surface area contributed by atoms with Crippen molar-refractivity contribution in [3.63, 3.8) is 0 Å². The molecule has 10 heteroatoms. The fourth-order valence-electron chi connectivity index (χ4n) is 3.77. The first kappa shape index (κ1) is 19.7. The van der Waals surface area contributed by atoms with E-state index in [2.05, 4.69) is 0 Å². The van der Waals surface area contributed by atoms with Gasteiger partial charge in [-0.1, -0.05) is 6.07 Å². The average molecular weight is 396 g/mol. The normalized spacial score (nSPS) is 24.1. The first-order valence-electron chi connectivity index (χ1n) is 8.99. The summed E-state index contributed by atoms with van der Waals surface area (Å²) in [6, 6.07) is 3.89. The van der Waals surface area contributed by atoms with Crippen molar-refractivity contribution in [2.75, 3.05) is 26.2 Å². The molecule has 148 valence electrons. The summed E-state index contributed by atoms with van der Waals surface area (Å²) in [5, 5.41) is 11.0. The summed E-state index contributed by atoms with van der Waals surface area (Å²) < 4.78 is 27.2. The van der Waals surface area contributed by atoms with Crippen LogP contribution in [0.3, 0.4) is 0 Å². The zero-order valence-electron chi connectivity index (χ0n) is 15.2. The Hall–Kier alpha value is -2.04. The van der Waals surface area contributed by atoms with E-state index in [1.54, 1.807) is 11.8 Å².